The van der Waals surface area contributed by atoms with Crippen molar-refractivity contribution in [3.63, 3.8) is 0 Å². The van der Waals surface area contributed by atoms with Gasteiger partial charge in [0.15, 0.2) is 6.10 Å². The molecule has 0 heterocycles. The van der Waals surface area contributed by atoms with Gasteiger partial charge < -0.3 is 10.2 Å². The van der Waals surface area contributed by atoms with E-state index in [4.69, 9.17) is 5.11 Å². The number of hydrogen-bond acceptors (Lipinski definition) is 4. The zero-order valence-electron chi connectivity index (χ0n) is 12.3. The lowest BCUT2D eigenvalue weighted by Gasteiger charge is -2.23. The number of aliphatic carboxylic acids is 1. The second kappa shape index (κ2) is 7.02. The minimum atomic E-state index is -3.87. The van der Waals surface area contributed by atoms with Crippen LogP contribution in [0.25, 0.3) is 0 Å². The van der Waals surface area contributed by atoms with E-state index in [9.17, 15) is 18.3 Å². The van der Waals surface area contributed by atoms with Crippen LogP contribution in [-0.4, -0.2) is 36.7 Å². The Morgan fingerprint density at radius 1 is 1.24 bits per heavy atom. The number of hydrogen-bond donors (Lipinski definition) is 3. The van der Waals surface area contributed by atoms with Crippen LogP contribution < -0.4 is 4.72 Å². The van der Waals surface area contributed by atoms with Crippen LogP contribution in [0.5, 0.6) is 0 Å². The first-order valence-corrected chi connectivity index (χ1v) is 8.11. The van der Waals surface area contributed by atoms with E-state index in [1.165, 1.54) is 12.1 Å². The lowest BCUT2D eigenvalue weighted by atomic mass is 10.0. The van der Waals surface area contributed by atoms with Crippen LogP contribution in [0.4, 0.5) is 0 Å². The molecule has 1 aromatic carbocycles. The highest BCUT2D eigenvalue weighted by molar-refractivity contribution is 7.89. The van der Waals surface area contributed by atoms with Gasteiger partial charge in [-0.3, -0.25) is 0 Å². The SMILES string of the molecule is Cc1ccc(S(=O)(=O)N[C@H](CC(C)C)[C@H](O)C(=O)O)cc1. The number of aliphatic hydroxyl groups is 1. The van der Waals surface area contributed by atoms with Crippen LogP contribution in [0.3, 0.4) is 0 Å². The zero-order valence-corrected chi connectivity index (χ0v) is 13.1. The fraction of sp³-hybridized carbons (Fsp3) is 0.500. The van der Waals surface area contributed by atoms with Gasteiger partial charge in [0.05, 0.1) is 10.9 Å². The molecule has 0 saturated carbocycles. The summed E-state index contributed by atoms with van der Waals surface area (Å²) in [5.41, 5.74) is 0.915. The number of nitrogens with one attached hydrogen (secondary N) is 1. The zero-order chi connectivity index (χ0) is 16.2. The molecule has 0 unspecified atom stereocenters. The van der Waals surface area contributed by atoms with Crippen LogP contribution in [-0.2, 0) is 14.8 Å². The monoisotopic (exact) mass is 315 g/mol. The first kappa shape index (κ1) is 17.6. The molecule has 0 saturated heterocycles. The Kier molecular flexibility index (Phi) is 5.88. The number of carboxylic acids is 1. The van der Waals surface area contributed by atoms with Gasteiger partial charge in [0.2, 0.25) is 10.0 Å². The molecule has 0 aliphatic carbocycles. The van der Waals surface area contributed by atoms with Gasteiger partial charge in [-0.05, 0) is 31.4 Å². The molecule has 118 valence electrons. The summed E-state index contributed by atoms with van der Waals surface area (Å²) in [7, 11) is -3.87. The van der Waals surface area contributed by atoms with E-state index in [0.29, 0.717) is 0 Å². The molecule has 0 amide bonds. The van der Waals surface area contributed by atoms with E-state index < -0.39 is 28.1 Å². The smallest absolute Gasteiger partial charge is 0.334 e. The van der Waals surface area contributed by atoms with Crippen LogP contribution in [0.1, 0.15) is 25.8 Å². The Morgan fingerprint density at radius 2 is 1.76 bits per heavy atom. The quantitative estimate of drug-likeness (QED) is 0.700. The topological polar surface area (TPSA) is 104 Å². The van der Waals surface area contributed by atoms with E-state index in [1.807, 2.05) is 20.8 Å². The van der Waals surface area contributed by atoms with E-state index in [1.54, 1.807) is 12.1 Å². The molecular formula is C14H21NO5S. The van der Waals surface area contributed by atoms with Crippen LogP contribution in [0, 0.1) is 12.8 Å². The van der Waals surface area contributed by atoms with Crippen LogP contribution in [0.2, 0.25) is 0 Å². The molecule has 1 aromatic rings. The van der Waals surface area contributed by atoms with Gasteiger partial charge in [-0.15, -0.1) is 0 Å². The van der Waals surface area contributed by atoms with Gasteiger partial charge in [0.1, 0.15) is 0 Å². The average Bonchev–Trinajstić information content (AvgIpc) is 2.36. The number of carbonyl (C=O) groups is 1. The fourth-order valence-electron chi connectivity index (χ4n) is 1.91. The maximum absolute atomic E-state index is 12.2. The molecule has 0 radical (unpaired) electrons. The van der Waals surface area contributed by atoms with Gasteiger partial charge in [0.25, 0.3) is 0 Å². The number of benzene rings is 1. The Bertz CT molecular complexity index is 580. The highest BCUT2D eigenvalue weighted by Crippen LogP contribution is 2.15. The van der Waals surface area contributed by atoms with Crippen molar-refractivity contribution in [2.45, 2.75) is 44.2 Å². The number of aliphatic hydroxyl groups excluding tert-OH is 1. The molecule has 2 atom stereocenters. The lowest BCUT2D eigenvalue weighted by molar-refractivity contribution is -0.148. The average molecular weight is 315 g/mol. The minimum Gasteiger partial charge on any atom is -0.479 e. The van der Waals surface area contributed by atoms with Gasteiger partial charge in [0, 0.05) is 0 Å². The predicted molar refractivity (Wildman–Crippen MR) is 78.4 cm³/mol. The van der Waals surface area contributed by atoms with Crippen molar-refractivity contribution in [3.8, 4) is 0 Å². The summed E-state index contributed by atoms with van der Waals surface area (Å²) < 4.78 is 26.8. The highest BCUT2D eigenvalue weighted by atomic mass is 32.2. The largest absolute Gasteiger partial charge is 0.479 e. The normalized spacial score (nSPS) is 14.9. The first-order valence-electron chi connectivity index (χ1n) is 6.63. The van der Waals surface area contributed by atoms with Crippen LogP contribution in [0.15, 0.2) is 29.2 Å². The summed E-state index contributed by atoms with van der Waals surface area (Å²) in [6, 6.07) is 5.11. The Balaban J connectivity index is 3.00. The first-order chi connectivity index (χ1) is 9.63. The van der Waals surface area contributed by atoms with Crippen molar-refractivity contribution in [2.24, 2.45) is 5.92 Å². The van der Waals surface area contributed by atoms with E-state index >= 15 is 0 Å². The molecule has 7 heteroatoms. The second-order valence-corrected chi connectivity index (χ2v) is 7.17. The maximum atomic E-state index is 12.2. The molecule has 21 heavy (non-hydrogen) atoms. The molecular weight excluding hydrogens is 294 g/mol. The summed E-state index contributed by atoms with van der Waals surface area (Å²) in [6.45, 7) is 5.48. The molecule has 0 aliphatic rings. The van der Waals surface area contributed by atoms with Crippen molar-refractivity contribution in [1.29, 1.82) is 0 Å². The molecule has 1 rings (SSSR count). The summed E-state index contributed by atoms with van der Waals surface area (Å²) in [6.07, 6.45) is -1.56. The molecule has 6 nitrogen and oxygen atoms in total. The molecule has 0 spiro atoms. The number of rotatable bonds is 7. The number of aryl methyl sites for hydroxylation is 1. The summed E-state index contributed by atoms with van der Waals surface area (Å²) >= 11 is 0. The Labute approximate surface area is 124 Å². The molecule has 0 bridgehead atoms. The third-order valence-electron chi connectivity index (χ3n) is 3.00. The third-order valence-corrected chi connectivity index (χ3v) is 4.50. The van der Waals surface area contributed by atoms with E-state index in [2.05, 4.69) is 4.72 Å². The summed E-state index contributed by atoms with van der Waals surface area (Å²) in [5, 5.41) is 18.5. The molecule has 0 fully saturated rings. The van der Waals surface area contributed by atoms with Gasteiger partial charge in [-0.1, -0.05) is 31.5 Å². The van der Waals surface area contributed by atoms with Gasteiger partial charge in [-0.2, -0.15) is 0 Å². The predicted octanol–water partition coefficient (Wildman–Crippen LogP) is 1.13. The summed E-state index contributed by atoms with van der Waals surface area (Å²) in [4.78, 5) is 10.9. The van der Waals surface area contributed by atoms with Crippen molar-refractivity contribution < 1.29 is 23.4 Å². The van der Waals surface area contributed by atoms with E-state index in [-0.39, 0.29) is 17.2 Å². The fourth-order valence-corrected chi connectivity index (χ4v) is 3.16. The number of sulfonamides is 1. The van der Waals surface area contributed by atoms with Crippen molar-refractivity contribution in [1.82, 2.24) is 4.72 Å². The minimum absolute atomic E-state index is 0.0321. The standard InChI is InChI=1S/C14H21NO5S/c1-9(2)8-12(13(16)14(17)18)15-21(19,20)11-6-4-10(3)5-7-11/h4-7,9,12-13,15-16H,8H2,1-3H3,(H,17,18)/t12-,13+/m1/s1. The lowest BCUT2D eigenvalue weighted by Crippen LogP contribution is -2.47. The Hall–Kier alpha value is -1.44. The number of carboxylic acid groups (broad SMARTS) is 1. The van der Waals surface area contributed by atoms with Crippen molar-refractivity contribution in [3.05, 3.63) is 29.8 Å². The second-order valence-electron chi connectivity index (χ2n) is 5.45. The van der Waals surface area contributed by atoms with Gasteiger partial charge >= 0.3 is 5.97 Å². The Morgan fingerprint density at radius 3 is 2.19 bits per heavy atom. The van der Waals surface area contributed by atoms with Gasteiger partial charge in [-0.25, -0.2) is 17.9 Å². The maximum Gasteiger partial charge on any atom is 0.334 e. The molecule has 0 aliphatic heterocycles. The van der Waals surface area contributed by atoms with E-state index in [0.717, 1.165) is 5.56 Å². The van der Waals surface area contributed by atoms with Crippen molar-refractivity contribution in [2.75, 3.05) is 0 Å². The van der Waals surface area contributed by atoms with Crippen LogP contribution >= 0.6 is 0 Å². The summed E-state index contributed by atoms with van der Waals surface area (Å²) in [5.74, 6) is -1.42. The highest BCUT2D eigenvalue weighted by Gasteiger charge is 2.30. The molecule has 0 aromatic heterocycles. The van der Waals surface area contributed by atoms with Crippen molar-refractivity contribution >= 4 is 16.0 Å². The molecule has 3 N–H and O–H groups in total. The third kappa shape index (κ3) is 5.11.